The highest BCUT2D eigenvalue weighted by molar-refractivity contribution is 7.13. The van der Waals surface area contributed by atoms with Gasteiger partial charge in [0.05, 0.1) is 37.1 Å². The molecule has 0 bridgehead atoms. The van der Waals surface area contributed by atoms with Crippen LogP contribution in [0.5, 0.6) is 5.75 Å². The van der Waals surface area contributed by atoms with E-state index in [1.165, 1.54) is 18.4 Å². The van der Waals surface area contributed by atoms with Gasteiger partial charge in [0, 0.05) is 10.9 Å². The van der Waals surface area contributed by atoms with Gasteiger partial charge in [-0.05, 0) is 43.3 Å². The molecule has 1 amide bonds. The number of anilines is 1. The molecule has 144 valence electrons. The third kappa shape index (κ3) is 4.75. The van der Waals surface area contributed by atoms with E-state index in [0.717, 1.165) is 16.3 Å². The molecular formula is C21H20N2O4S. The number of para-hydroxylation sites is 1. The van der Waals surface area contributed by atoms with Crippen LogP contribution in [0, 0.1) is 0 Å². The summed E-state index contributed by atoms with van der Waals surface area (Å²) in [6, 6.07) is 14.4. The van der Waals surface area contributed by atoms with Crippen molar-refractivity contribution in [2.75, 3.05) is 19.0 Å². The van der Waals surface area contributed by atoms with Crippen LogP contribution in [0.3, 0.4) is 0 Å². The maximum absolute atomic E-state index is 12.4. The number of aromatic nitrogens is 1. The number of thiazole rings is 1. The Balaban J connectivity index is 1.67. The van der Waals surface area contributed by atoms with E-state index in [1.807, 2.05) is 36.6 Å². The first-order valence-corrected chi connectivity index (χ1v) is 9.63. The quantitative estimate of drug-likeness (QED) is 0.606. The number of methoxy groups -OCH3 is 1. The molecule has 0 spiro atoms. The predicted molar refractivity (Wildman–Crippen MR) is 109 cm³/mol. The van der Waals surface area contributed by atoms with Crippen LogP contribution in [0.4, 0.5) is 5.69 Å². The highest BCUT2D eigenvalue weighted by atomic mass is 32.1. The van der Waals surface area contributed by atoms with Crippen LogP contribution in [-0.4, -0.2) is 30.6 Å². The number of hydrogen-bond acceptors (Lipinski definition) is 6. The third-order valence-corrected chi connectivity index (χ3v) is 4.85. The zero-order valence-electron chi connectivity index (χ0n) is 15.6. The van der Waals surface area contributed by atoms with Crippen LogP contribution in [0.2, 0.25) is 0 Å². The van der Waals surface area contributed by atoms with Crippen molar-refractivity contribution >= 4 is 28.9 Å². The van der Waals surface area contributed by atoms with Crippen LogP contribution in [0.1, 0.15) is 23.0 Å². The number of esters is 1. The summed E-state index contributed by atoms with van der Waals surface area (Å²) >= 11 is 1.48. The number of carbonyl (C=O) groups excluding carboxylic acids is 2. The predicted octanol–water partition coefficient (Wildman–Crippen LogP) is 4.18. The van der Waals surface area contributed by atoms with Crippen molar-refractivity contribution in [3.8, 4) is 16.3 Å². The molecule has 0 unspecified atom stereocenters. The molecule has 0 fully saturated rings. The molecule has 0 aliphatic carbocycles. The minimum Gasteiger partial charge on any atom is -0.494 e. The van der Waals surface area contributed by atoms with E-state index in [4.69, 9.17) is 9.47 Å². The number of carbonyl (C=O) groups is 2. The summed E-state index contributed by atoms with van der Waals surface area (Å²) in [6.45, 7) is 2.56. The van der Waals surface area contributed by atoms with Crippen LogP contribution in [0.15, 0.2) is 53.9 Å². The molecule has 2 aromatic carbocycles. The summed E-state index contributed by atoms with van der Waals surface area (Å²) in [5, 5.41) is 5.45. The Hall–Kier alpha value is -3.19. The van der Waals surface area contributed by atoms with E-state index >= 15 is 0 Å². The first kappa shape index (κ1) is 19.6. The number of ether oxygens (including phenoxy) is 2. The summed E-state index contributed by atoms with van der Waals surface area (Å²) in [5.41, 5.74) is 2.37. The molecule has 0 aliphatic heterocycles. The van der Waals surface area contributed by atoms with Gasteiger partial charge in [0.15, 0.2) is 0 Å². The lowest BCUT2D eigenvalue weighted by molar-refractivity contribution is -0.115. The number of amides is 1. The number of rotatable bonds is 7. The van der Waals surface area contributed by atoms with E-state index < -0.39 is 5.97 Å². The summed E-state index contributed by atoms with van der Waals surface area (Å²) in [5.74, 6) is 0.0638. The molecule has 6 nitrogen and oxygen atoms in total. The number of hydrogen-bond donors (Lipinski definition) is 1. The van der Waals surface area contributed by atoms with Crippen molar-refractivity contribution in [2.45, 2.75) is 13.3 Å². The van der Waals surface area contributed by atoms with Gasteiger partial charge in [-0.3, -0.25) is 4.79 Å². The van der Waals surface area contributed by atoms with Gasteiger partial charge in [0.25, 0.3) is 0 Å². The molecule has 1 aromatic heterocycles. The second kappa shape index (κ2) is 9.14. The summed E-state index contributed by atoms with van der Waals surface area (Å²) in [4.78, 5) is 28.7. The Morgan fingerprint density at radius 3 is 2.57 bits per heavy atom. The second-order valence-corrected chi connectivity index (χ2v) is 6.72. The van der Waals surface area contributed by atoms with Gasteiger partial charge >= 0.3 is 5.97 Å². The molecule has 28 heavy (non-hydrogen) atoms. The minimum atomic E-state index is -0.498. The molecule has 3 aromatic rings. The maximum atomic E-state index is 12.4. The largest absolute Gasteiger partial charge is 0.494 e. The topological polar surface area (TPSA) is 77.5 Å². The Morgan fingerprint density at radius 2 is 1.86 bits per heavy atom. The van der Waals surface area contributed by atoms with Gasteiger partial charge in [0.1, 0.15) is 10.8 Å². The molecule has 3 rings (SSSR count). The minimum absolute atomic E-state index is 0.114. The third-order valence-electron chi connectivity index (χ3n) is 3.91. The van der Waals surface area contributed by atoms with Crippen molar-refractivity contribution in [3.05, 3.63) is 65.2 Å². The van der Waals surface area contributed by atoms with Crippen molar-refractivity contribution < 1.29 is 19.1 Å². The molecule has 1 heterocycles. The number of benzene rings is 2. The van der Waals surface area contributed by atoms with E-state index in [1.54, 1.807) is 24.3 Å². The smallest absolute Gasteiger partial charge is 0.339 e. The Kier molecular flexibility index (Phi) is 6.39. The standard InChI is InChI=1S/C21H20N2O4S/c1-3-27-16-10-8-14(9-11-16)20-22-15(13-28-20)12-19(24)23-18-7-5-4-6-17(18)21(25)26-2/h4-11,13H,3,12H2,1-2H3,(H,23,24). The Morgan fingerprint density at radius 1 is 1.11 bits per heavy atom. The summed E-state index contributed by atoms with van der Waals surface area (Å²) in [6.07, 6.45) is 0.114. The van der Waals surface area contributed by atoms with Gasteiger partial charge in [-0.25, -0.2) is 9.78 Å². The van der Waals surface area contributed by atoms with E-state index in [0.29, 0.717) is 23.6 Å². The zero-order valence-corrected chi connectivity index (χ0v) is 16.4. The van der Waals surface area contributed by atoms with Crippen molar-refractivity contribution in [2.24, 2.45) is 0 Å². The van der Waals surface area contributed by atoms with Crippen LogP contribution in [0.25, 0.3) is 10.6 Å². The molecule has 0 aliphatic rings. The average molecular weight is 396 g/mol. The molecule has 7 heteroatoms. The summed E-state index contributed by atoms with van der Waals surface area (Å²) < 4.78 is 10.2. The summed E-state index contributed by atoms with van der Waals surface area (Å²) in [7, 11) is 1.30. The molecule has 0 radical (unpaired) electrons. The molecule has 0 saturated carbocycles. The van der Waals surface area contributed by atoms with Gasteiger partial charge in [-0.2, -0.15) is 0 Å². The lowest BCUT2D eigenvalue weighted by Crippen LogP contribution is -2.17. The second-order valence-electron chi connectivity index (χ2n) is 5.86. The average Bonchev–Trinajstić information content (AvgIpc) is 3.17. The fraction of sp³-hybridized carbons (Fsp3) is 0.190. The molecule has 1 N–H and O–H groups in total. The number of nitrogens with zero attached hydrogens (tertiary/aromatic N) is 1. The van der Waals surface area contributed by atoms with Gasteiger partial charge < -0.3 is 14.8 Å². The first-order valence-electron chi connectivity index (χ1n) is 8.75. The monoisotopic (exact) mass is 396 g/mol. The van der Waals surface area contributed by atoms with Crippen molar-refractivity contribution in [1.29, 1.82) is 0 Å². The van der Waals surface area contributed by atoms with Crippen LogP contribution < -0.4 is 10.1 Å². The van der Waals surface area contributed by atoms with Gasteiger partial charge in [-0.15, -0.1) is 11.3 Å². The lowest BCUT2D eigenvalue weighted by Gasteiger charge is -2.08. The van der Waals surface area contributed by atoms with Gasteiger partial charge in [-0.1, -0.05) is 12.1 Å². The molecule has 0 atom stereocenters. The van der Waals surface area contributed by atoms with Crippen LogP contribution >= 0.6 is 11.3 Å². The normalized spacial score (nSPS) is 10.4. The lowest BCUT2D eigenvalue weighted by atomic mass is 10.1. The van der Waals surface area contributed by atoms with Gasteiger partial charge in [0.2, 0.25) is 5.91 Å². The zero-order chi connectivity index (χ0) is 19.9. The SMILES string of the molecule is CCOc1ccc(-c2nc(CC(=O)Nc3ccccc3C(=O)OC)cs2)cc1. The highest BCUT2D eigenvalue weighted by Gasteiger charge is 2.15. The molecule has 0 saturated heterocycles. The fourth-order valence-corrected chi connectivity index (χ4v) is 3.45. The Bertz CT molecular complexity index is 967. The first-order chi connectivity index (χ1) is 13.6. The van der Waals surface area contributed by atoms with Crippen molar-refractivity contribution in [1.82, 2.24) is 4.98 Å². The van der Waals surface area contributed by atoms with Crippen LogP contribution in [-0.2, 0) is 16.0 Å². The van der Waals surface area contributed by atoms with E-state index in [-0.39, 0.29) is 12.3 Å². The fourth-order valence-electron chi connectivity index (χ4n) is 2.62. The maximum Gasteiger partial charge on any atom is 0.339 e. The number of nitrogens with one attached hydrogen (secondary N) is 1. The highest BCUT2D eigenvalue weighted by Crippen LogP contribution is 2.26. The molecular weight excluding hydrogens is 376 g/mol. The van der Waals surface area contributed by atoms with Crippen molar-refractivity contribution in [3.63, 3.8) is 0 Å². The van der Waals surface area contributed by atoms with E-state index in [9.17, 15) is 9.59 Å². The van der Waals surface area contributed by atoms with E-state index in [2.05, 4.69) is 10.3 Å². The Labute approximate surface area is 167 Å².